The number of rotatable bonds is 17. The van der Waals surface area contributed by atoms with E-state index in [1.165, 1.54) is 70.6 Å². The molecule has 29 heavy (non-hydrogen) atoms. The Morgan fingerprint density at radius 1 is 0.793 bits per heavy atom. The first-order valence-corrected chi connectivity index (χ1v) is 12.2. The molecular weight excluding hydrogens is 364 g/mol. The number of hydrogen-bond donors (Lipinski definition) is 1. The van der Waals surface area contributed by atoms with E-state index in [1.807, 2.05) is 0 Å². The van der Waals surface area contributed by atoms with Crippen molar-refractivity contribution in [1.82, 2.24) is 0 Å². The van der Waals surface area contributed by atoms with Crippen molar-refractivity contribution < 1.29 is 19.4 Å². The van der Waals surface area contributed by atoms with Crippen LogP contribution in [0.2, 0.25) is 0 Å². The molecule has 0 amide bonds. The van der Waals surface area contributed by atoms with Crippen molar-refractivity contribution in [3.05, 3.63) is 12.2 Å². The van der Waals surface area contributed by atoms with Gasteiger partial charge in [0.1, 0.15) is 0 Å². The predicted octanol–water partition coefficient (Wildman–Crippen LogP) is 7.07. The molecule has 0 bridgehead atoms. The van der Waals surface area contributed by atoms with Crippen molar-refractivity contribution in [3.63, 3.8) is 0 Å². The van der Waals surface area contributed by atoms with Gasteiger partial charge in [0.15, 0.2) is 0 Å². The van der Waals surface area contributed by atoms with Crippen LogP contribution in [0.5, 0.6) is 0 Å². The molecule has 1 aliphatic carbocycles. The Bertz CT molecular complexity index is 458. The van der Waals surface area contributed by atoms with Gasteiger partial charge in [0.25, 0.3) is 0 Å². The summed E-state index contributed by atoms with van der Waals surface area (Å²) in [6.45, 7) is 2.53. The zero-order chi connectivity index (χ0) is 21.2. The molecule has 0 aromatic heterocycles. The van der Waals surface area contributed by atoms with Crippen LogP contribution in [0.3, 0.4) is 0 Å². The minimum atomic E-state index is -0.851. The Morgan fingerprint density at radius 3 is 1.79 bits per heavy atom. The molecule has 4 nitrogen and oxygen atoms in total. The van der Waals surface area contributed by atoms with Crippen LogP contribution in [0.1, 0.15) is 116 Å². The summed E-state index contributed by atoms with van der Waals surface area (Å²) in [7, 11) is 0. The first kappa shape index (κ1) is 25.7. The van der Waals surface area contributed by atoms with Crippen molar-refractivity contribution in [2.45, 2.75) is 116 Å². The fourth-order valence-electron chi connectivity index (χ4n) is 4.29. The highest BCUT2D eigenvalue weighted by atomic mass is 16.5. The molecule has 1 fully saturated rings. The van der Waals surface area contributed by atoms with Crippen LogP contribution in [-0.2, 0) is 14.3 Å². The van der Waals surface area contributed by atoms with E-state index in [0.29, 0.717) is 19.4 Å². The lowest BCUT2D eigenvalue weighted by Crippen LogP contribution is -2.33. The van der Waals surface area contributed by atoms with Gasteiger partial charge in [-0.05, 0) is 39.0 Å². The predicted molar refractivity (Wildman–Crippen MR) is 119 cm³/mol. The first-order chi connectivity index (χ1) is 14.2. The van der Waals surface area contributed by atoms with Crippen molar-refractivity contribution in [3.8, 4) is 0 Å². The average molecular weight is 409 g/mol. The van der Waals surface area contributed by atoms with Gasteiger partial charge in [-0.15, -0.1) is 0 Å². The fraction of sp³-hybridized carbons (Fsp3) is 0.840. The molecule has 0 saturated heterocycles. The molecule has 2 atom stereocenters. The lowest BCUT2D eigenvalue weighted by atomic mass is 9.79. The van der Waals surface area contributed by atoms with E-state index in [9.17, 15) is 14.7 Å². The topological polar surface area (TPSA) is 63.6 Å². The minimum absolute atomic E-state index is 0.293. The first-order valence-electron chi connectivity index (χ1n) is 12.2. The molecule has 2 unspecified atom stereocenters. The van der Waals surface area contributed by atoms with Crippen molar-refractivity contribution >= 4 is 11.9 Å². The fourth-order valence-corrected chi connectivity index (χ4v) is 4.29. The number of carbonyl (C=O) groups excluding carboxylic acids is 1. The largest absolute Gasteiger partial charge is 0.481 e. The van der Waals surface area contributed by atoms with Gasteiger partial charge in [-0.3, -0.25) is 9.59 Å². The lowest BCUT2D eigenvalue weighted by molar-refractivity contribution is -0.159. The summed E-state index contributed by atoms with van der Waals surface area (Å²) < 4.78 is 5.37. The van der Waals surface area contributed by atoms with Crippen molar-refractivity contribution in [2.75, 3.05) is 6.61 Å². The van der Waals surface area contributed by atoms with Crippen LogP contribution in [0.15, 0.2) is 12.2 Å². The second-order valence-corrected chi connectivity index (χ2v) is 8.60. The monoisotopic (exact) mass is 408 g/mol. The molecule has 4 heteroatoms. The van der Waals surface area contributed by atoms with Gasteiger partial charge in [0, 0.05) is 0 Å². The maximum Gasteiger partial charge on any atom is 0.309 e. The normalized spacial score (nSPS) is 19.5. The summed E-state index contributed by atoms with van der Waals surface area (Å²) in [6.07, 6.45) is 24.0. The molecule has 1 saturated carbocycles. The van der Waals surface area contributed by atoms with Crippen LogP contribution >= 0.6 is 0 Å². The summed E-state index contributed by atoms with van der Waals surface area (Å²) in [6, 6.07) is 0. The molecule has 1 aliphatic rings. The van der Waals surface area contributed by atoms with Crippen LogP contribution in [0.4, 0.5) is 0 Å². The Kier molecular flexibility index (Phi) is 15.5. The Balaban J connectivity index is 1.87. The maximum absolute atomic E-state index is 12.2. The minimum Gasteiger partial charge on any atom is -0.481 e. The number of carboxylic acids is 1. The van der Waals surface area contributed by atoms with Crippen LogP contribution in [0.25, 0.3) is 0 Å². The van der Waals surface area contributed by atoms with Crippen LogP contribution in [0, 0.1) is 11.8 Å². The maximum atomic E-state index is 12.2. The molecular formula is C25H44O4. The van der Waals surface area contributed by atoms with Crippen LogP contribution in [-0.4, -0.2) is 23.7 Å². The molecule has 1 rings (SSSR count). The number of carboxylic acid groups (broad SMARTS) is 1. The zero-order valence-electron chi connectivity index (χ0n) is 18.7. The van der Waals surface area contributed by atoms with Crippen LogP contribution < -0.4 is 0 Å². The van der Waals surface area contributed by atoms with Gasteiger partial charge in [0.05, 0.1) is 18.4 Å². The molecule has 168 valence electrons. The lowest BCUT2D eigenvalue weighted by Gasteiger charge is -2.26. The molecule has 1 N–H and O–H groups in total. The summed E-state index contributed by atoms with van der Waals surface area (Å²) in [4.78, 5) is 23.5. The highest BCUT2D eigenvalue weighted by molar-refractivity contribution is 5.81. The van der Waals surface area contributed by atoms with Gasteiger partial charge in [-0.2, -0.15) is 0 Å². The molecule has 0 heterocycles. The smallest absolute Gasteiger partial charge is 0.309 e. The Morgan fingerprint density at radius 2 is 1.28 bits per heavy atom. The van der Waals surface area contributed by atoms with Crippen molar-refractivity contribution in [2.24, 2.45) is 11.8 Å². The summed E-state index contributed by atoms with van der Waals surface area (Å²) in [5.74, 6) is -2.13. The average Bonchev–Trinajstić information content (AvgIpc) is 2.73. The highest BCUT2D eigenvalue weighted by Gasteiger charge is 2.36. The number of carbonyl (C=O) groups is 2. The summed E-state index contributed by atoms with van der Waals surface area (Å²) in [5, 5.41) is 9.26. The molecule has 0 aromatic carbocycles. The number of allylic oxidation sites excluding steroid dienone is 2. The molecule has 0 aliphatic heterocycles. The van der Waals surface area contributed by atoms with E-state index in [1.54, 1.807) is 0 Å². The third kappa shape index (κ3) is 12.8. The second kappa shape index (κ2) is 17.5. The third-order valence-corrected chi connectivity index (χ3v) is 6.13. The Hall–Kier alpha value is -1.32. The summed E-state index contributed by atoms with van der Waals surface area (Å²) in [5.41, 5.74) is 0. The number of ether oxygens (including phenoxy) is 1. The van der Waals surface area contributed by atoms with Gasteiger partial charge < -0.3 is 9.84 Å². The SMILES string of the molecule is C/C=C/CCCCCCCCCCCCCCOC(=O)C1CCCCC1C(=O)O. The van der Waals surface area contributed by atoms with Crippen molar-refractivity contribution in [1.29, 1.82) is 0 Å². The number of unbranched alkanes of at least 4 members (excludes halogenated alkanes) is 12. The highest BCUT2D eigenvalue weighted by Crippen LogP contribution is 2.31. The van der Waals surface area contributed by atoms with E-state index in [-0.39, 0.29) is 5.97 Å². The quantitative estimate of drug-likeness (QED) is 0.159. The van der Waals surface area contributed by atoms with E-state index < -0.39 is 17.8 Å². The molecule has 0 radical (unpaired) electrons. The molecule has 0 spiro atoms. The third-order valence-electron chi connectivity index (χ3n) is 6.13. The van der Waals surface area contributed by atoms with E-state index in [4.69, 9.17) is 4.74 Å². The van der Waals surface area contributed by atoms with Gasteiger partial charge in [0.2, 0.25) is 0 Å². The van der Waals surface area contributed by atoms with E-state index in [2.05, 4.69) is 19.1 Å². The van der Waals surface area contributed by atoms with Gasteiger partial charge in [-0.25, -0.2) is 0 Å². The van der Waals surface area contributed by atoms with E-state index in [0.717, 1.165) is 25.7 Å². The van der Waals surface area contributed by atoms with Gasteiger partial charge >= 0.3 is 11.9 Å². The standard InChI is InChI=1S/C25H44O4/c1-2-3-4-5-6-7-8-9-10-11-12-13-14-15-18-21-29-25(28)23-20-17-16-19-22(23)24(26)27/h2-3,22-23H,4-21H2,1H3,(H,26,27)/b3-2+. The van der Waals surface area contributed by atoms with Gasteiger partial charge in [-0.1, -0.05) is 89.2 Å². The number of esters is 1. The summed E-state index contributed by atoms with van der Waals surface area (Å²) >= 11 is 0. The Labute approximate surface area is 178 Å². The zero-order valence-corrected chi connectivity index (χ0v) is 18.7. The number of hydrogen-bond acceptors (Lipinski definition) is 3. The number of aliphatic carboxylic acids is 1. The van der Waals surface area contributed by atoms with E-state index >= 15 is 0 Å². The molecule has 0 aromatic rings. The second-order valence-electron chi connectivity index (χ2n) is 8.60.